The minimum atomic E-state index is -0.165. The van der Waals surface area contributed by atoms with Crippen LogP contribution in [0.5, 0.6) is 11.5 Å². The fourth-order valence-electron chi connectivity index (χ4n) is 6.64. The van der Waals surface area contributed by atoms with Gasteiger partial charge in [-0.2, -0.15) is 0 Å². The molecule has 1 fully saturated rings. The minimum absolute atomic E-state index is 0.0747. The average Bonchev–Trinajstić information content (AvgIpc) is 3.08. The summed E-state index contributed by atoms with van der Waals surface area (Å²) in [6, 6.07) is 36.5. The molecule has 4 aromatic carbocycles. The number of hydrogen-bond donors (Lipinski definition) is 1. The van der Waals surface area contributed by atoms with Gasteiger partial charge in [-0.25, -0.2) is 0 Å². The van der Waals surface area contributed by atoms with Gasteiger partial charge in [-0.15, -0.1) is 0 Å². The van der Waals surface area contributed by atoms with Gasteiger partial charge in [0.1, 0.15) is 18.1 Å². The molecule has 5 heteroatoms. The summed E-state index contributed by atoms with van der Waals surface area (Å²) in [6.45, 7) is 1.94. The van der Waals surface area contributed by atoms with Crippen molar-refractivity contribution in [2.24, 2.45) is 0 Å². The van der Waals surface area contributed by atoms with Gasteiger partial charge in [0, 0.05) is 25.6 Å². The van der Waals surface area contributed by atoms with Crippen molar-refractivity contribution in [2.75, 3.05) is 19.8 Å². The van der Waals surface area contributed by atoms with Crippen LogP contribution in [0.2, 0.25) is 0 Å². The van der Waals surface area contributed by atoms with Crippen LogP contribution in [0.15, 0.2) is 103 Å². The molecule has 230 valence electrons. The lowest BCUT2D eigenvalue weighted by Gasteiger charge is -2.35. The summed E-state index contributed by atoms with van der Waals surface area (Å²) in [5.74, 6) is 2.41. The summed E-state index contributed by atoms with van der Waals surface area (Å²) >= 11 is 0. The number of aliphatic hydroxyl groups excluding tert-OH is 1. The van der Waals surface area contributed by atoms with Gasteiger partial charge < -0.3 is 24.1 Å². The van der Waals surface area contributed by atoms with E-state index in [1.165, 1.54) is 27.8 Å². The van der Waals surface area contributed by atoms with Gasteiger partial charge >= 0.3 is 0 Å². The molecule has 1 heterocycles. The smallest absolute Gasteiger partial charge is 0.157 e. The van der Waals surface area contributed by atoms with Crippen LogP contribution in [0.3, 0.4) is 0 Å². The lowest BCUT2D eigenvalue weighted by atomic mass is 9.69. The third kappa shape index (κ3) is 7.89. The molecule has 0 amide bonds. The molecule has 4 aromatic rings. The fourth-order valence-corrected chi connectivity index (χ4v) is 6.64. The molecule has 5 nitrogen and oxygen atoms in total. The van der Waals surface area contributed by atoms with Crippen molar-refractivity contribution >= 4 is 0 Å². The maximum atomic E-state index is 9.53. The van der Waals surface area contributed by atoms with Crippen LogP contribution < -0.4 is 9.47 Å². The first-order valence-corrected chi connectivity index (χ1v) is 16.2. The Balaban J connectivity index is 1.15. The lowest BCUT2D eigenvalue weighted by molar-refractivity contribution is -0.192. The number of rotatable bonds is 13. The molecule has 1 aliphatic carbocycles. The summed E-state index contributed by atoms with van der Waals surface area (Å²) in [5.41, 5.74) is 6.58. The van der Waals surface area contributed by atoms with E-state index < -0.39 is 0 Å². The van der Waals surface area contributed by atoms with Crippen LogP contribution >= 0.6 is 0 Å². The van der Waals surface area contributed by atoms with E-state index in [1.807, 2.05) is 18.2 Å². The van der Waals surface area contributed by atoms with E-state index in [0.29, 0.717) is 32.0 Å². The largest absolute Gasteiger partial charge is 0.493 e. The van der Waals surface area contributed by atoms with Crippen molar-refractivity contribution in [1.29, 1.82) is 0 Å². The lowest BCUT2D eigenvalue weighted by Crippen LogP contribution is -2.29. The van der Waals surface area contributed by atoms with Gasteiger partial charge in [-0.05, 0) is 96.5 Å². The van der Waals surface area contributed by atoms with Crippen LogP contribution in [0.1, 0.15) is 78.2 Å². The molecule has 2 unspecified atom stereocenters. The number of fused-ring (bicyclic) bond motifs is 1. The van der Waals surface area contributed by atoms with E-state index in [9.17, 15) is 5.11 Å². The molecule has 0 bridgehead atoms. The second-order valence-electron chi connectivity index (χ2n) is 11.9. The highest BCUT2D eigenvalue weighted by Gasteiger charge is 2.32. The van der Waals surface area contributed by atoms with Crippen LogP contribution in [-0.4, -0.2) is 37.3 Å². The first-order valence-electron chi connectivity index (χ1n) is 16.2. The van der Waals surface area contributed by atoms with Crippen LogP contribution in [0, 0.1) is 0 Å². The van der Waals surface area contributed by atoms with Gasteiger partial charge in [-0.3, -0.25) is 0 Å². The minimum Gasteiger partial charge on any atom is -0.493 e. The zero-order valence-corrected chi connectivity index (χ0v) is 25.5. The molecular weight excluding hydrogens is 548 g/mol. The third-order valence-electron chi connectivity index (χ3n) is 8.93. The van der Waals surface area contributed by atoms with Crippen molar-refractivity contribution in [1.82, 2.24) is 0 Å². The van der Waals surface area contributed by atoms with Gasteiger partial charge in [-0.1, -0.05) is 78.9 Å². The quantitative estimate of drug-likeness (QED) is 0.170. The molecule has 1 N–H and O–H groups in total. The molecule has 1 saturated heterocycles. The highest BCUT2D eigenvalue weighted by atomic mass is 16.7. The average molecular weight is 593 g/mol. The van der Waals surface area contributed by atoms with E-state index in [2.05, 4.69) is 84.9 Å². The zero-order chi connectivity index (χ0) is 30.0. The number of aliphatic hydroxyl groups is 1. The molecule has 4 atom stereocenters. The van der Waals surface area contributed by atoms with E-state index in [4.69, 9.17) is 18.9 Å². The monoisotopic (exact) mass is 592 g/mol. The Bertz CT molecular complexity index is 1420. The maximum Gasteiger partial charge on any atom is 0.157 e. The summed E-state index contributed by atoms with van der Waals surface area (Å²) in [4.78, 5) is 0. The predicted octanol–water partition coefficient (Wildman–Crippen LogP) is 8.19. The number of ether oxygens (including phenoxy) is 4. The molecule has 44 heavy (non-hydrogen) atoms. The Kier molecular flexibility index (Phi) is 10.6. The predicted molar refractivity (Wildman–Crippen MR) is 173 cm³/mol. The SMILES string of the molecule is OCCC(CCOc1ccc([C@@H]2c3ccc(OCc4ccccc4)cc3CC[C@@H]2c2ccccc2)cc1)OC1CCCCO1. The normalized spacial score (nSPS) is 20.4. The van der Waals surface area contributed by atoms with Crippen molar-refractivity contribution in [3.05, 3.63) is 131 Å². The van der Waals surface area contributed by atoms with E-state index in [-0.39, 0.29) is 24.9 Å². The van der Waals surface area contributed by atoms with E-state index in [1.54, 1.807) is 0 Å². The summed E-state index contributed by atoms with van der Waals surface area (Å²) in [6.07, 6.45) is 6.30. The number of aryl methyl sites for hydroxylation is 1. The Morgan fingerprint density at radius 2 is 1.52 bits per heavy atom. The van der Waals surface area contributed by atoms with Crippen LogP contribution in [0.25, 0.3) is 0 Å². The highest BCUT2D eigenvalue weighted by Crippen LogP contribution is 2.47. The van der Waals surface area contributed by atoms with Crippen LogP contribution in [0.4, 0.5) is 0 Å². The standard InChI is InChI=1S/C39H44O5/c40-24-22-34(44-38-13-7-8-25-42-38)23-26-41-33-17-14-31(15-18-33)39-36(30-11-5-2-6-12-30)20-16-32-27-35(19-21-37(32)39)43-28-29-9-3-1-4-10-29/h1-6,9-12,14-15,17-19,21,27,34,36,38-40H,7-8,13,16,20,22-26,28H2/t34?,36-,38?,39+/m1/s1. The fraction of sp³-hybridized carbons (Fsp3) is 0.385. The van der Waals surface area contributed by atoms with Crippen molar-refractivity contribution in [2.45, 2.75) is 75.8 Å². The third-order valence-corrected chi connectivity index (χ3v) is 8.93. The first-order chi connectivity index (χ1) is 21.8. The Hall–Kier alpha value is -3.64. The summed E-state index contributed by atoms with van der Waals surface area (Å²) in [5, 5.41) is 9.53. The van der Waals surface area contributed by atoms with Gasteiger partial charge in [0.2, 0.25) is 0 Å². The molecule has 0 radical (unpaired) electrons. The van der Waals surface area contributed by atoms with E-state index in [0.717, 1.165) is 50.2 Å². The summed E-state index contributed by atoms with van der Waals surface area (Å²) < 4.78 is 24.2. The summed E-state index contributed by atoms with van der Waals surface area (Å²) in [7, 11) is 0. The molecule has 0 aromatic heterocycles. The zero-order valence-electron chi connectivity index (χ0n) is 25.5. The Morgan fingerprint density at radius 3 is 2.27 bits per heavy atom. The van der Waals surface area contributed by atoms with Crippen LogP contribution in [-0.2, 0) is 22.5 Å². The topological polar surface area (TPSA) is 57.2 Å². The highest BCUT2D eigenvalue weighted by molar-refractivity contribution is 5.48. The second kappa shape index (κ2) is 15.4. The van der Waals surface area contributed by atoms with E-state index >= 15 is 0 Å². The molecule has 2 aliphatic rings. The molecular formula is C39H44O5. The maximum absolute atomic E-state index is 9.53. The van der Waals surface area contributed by atoms with Crippen molar-refractivity contribution in [3.8, 4) is 11.5 Å². The first kappa shape index (κ1) is 30.4. The number of benzene rings is 4. The molecule has 1 aliphatic heterocycles. The van der Waals surface area contributed by atoms with Crippen molar-refractivity contribution in [3.63, 3.8) is 0 Å². The van der Waals surface area contributed by atoms with Crippen molar-refractivity contribution < 1.29 is 24.1 Å². The van der Waals surface area contributed by atoms with Gasteiger partial charge in [0.25, 0.3) is 0 Å². The molecule has 0 saturated carbocycles. The number of hydrogen-bond acceptors (Lipinski definition) is 5. The van der Waals surface area contributed by atoms with Gasteiger partial charge in [0.05, 0.1) is 12.7 Å². The second-order valence-corrected chi connectivity index (χ2v) is 11.9. The molecule has 0 spiro atoms. The Labute approximate surface area is 261 Å². The molecule has 6 rings (SSSR count). The van der Waals surface area contributed by atoms with Gasteiger partial charge in [0.15, 0.2) is 6.29 Å². The Morgan fingerprint density at radius 1 is 0.750 bits per heavy atom.